The van der Waals surface area contributed by atoms with Crippen molar-refractivity contribution in [1.82, 2.24) is 14.9 Å². The molecule has 0 spiro atoms. The first-order chi connectivity index (χ1) is 16.9. The summed E-state index contributed by atoms with van der Waals surface area (Å²) >= 11 is 0. The van der Waals surface area contributed by atoms with Crippen molar-refractivity contribution in [2.45, 2.75) is 50.0 Å². The fourth-order valence-electron chi connectivity index (χ4n) is 5.65. The van der Waals surface area contributed by atoms with E-state index in [2.05, 4.69) is 21.4 Å². The van der Waals surface area contributed by atoms with Gasteiger partial charge in [0.25, 0.3) is 0 Å². The van der Waals surface area contributed by atoms with Crippen molar-refractivity contribution < 1.29 is 14.7 Å². The fourth-order valence-corrected chi connectivity index (χ4v) is 5.65. The second kappa shape index (κ2) is 8.02. The van der Waals surface area contributed by atoms with Crippen LogP contribution < -0.4 is 10.2 Å². The van der Waals surface area contributed by atoms with E-state index >= 15 is 0 Å². The topological polar surface area (TPSA) is 122 Å². The molecule has 6 rings (SSSR count). The largest absolute Gasteiger partial charge is 0.391 e. The van der Waals surface area contributed by atoms with Crippen LogP contribution in [-0.2, 0) is 15.0 Å². The zero-order valence-electron chi connectivity index (χ0n) is 19.5. The highest BCUT2D eigenvalue weighted by molar-refractivity contribution is 6.02. The molecule has 2 aromatic heterocycles. The standard InChI is InChI=1S/C26H28N6O3/c27-16-26(17-1-2-17)9-12-32(24(26)35)19-5-10-28-22(13-19)30-21-4-3-18(14-29-21)25(7-8-25)23(34)31-11-6-20(33)15-31/h3-5,10,13-14,17,20,33H,1-2,6-9,11-12,15H2,(H,28,29,30)/t20-,26+/m0/s1. The first kappa shape index (κ1) is 22.0. The lowest BCUT2D eigenvalue weighted by molar-refractivity contribution is -0.133. The summed E-state index contributed by atoms with van der Waals surface area (Å²) in [7, 11) is 0. The summed E-state index contributed by atoms with van der Waals surface area (Å²) in [5.41, 5.74) is 0.222. The van der Waals surface area contributed by atoms with E-state index in [1.165, 1.54) is 0 Å². The first-order valence-electron chi connectivity index (χ1n) is 12.4. The highest BCUT2D eigenvalue weighted by Gasteiger charge is 2.57. The number of carbonyl (C=O) groups is 2. The van der Waals surface area contributed by atoms with Crippen LogP contribution in [0.3, 0.4) is 0 Å². The van der Waals surface area contributed by atoms with Crippen LogP contribution in [0.2, 0.25) is 0 Å². The predicted octanol–water partition coefficient (Wildman–Crippen LogP) is 2.50. The number of pyridine rings is 2. The summed E-state index contributed by atoms with van der Waals surface area (Å²) in [6, 6.07) is 9.68. The minimum atomic E-state index is -0.877. The van der Waals surface area contributed by atoms with Crippen LogP contribution in [-0.4, -0.2) is 57.5 Å². The molecule has 4 heterocycles. The van der Waals surface area contributed by atoms with Crippen molar-refractivity contribution in [3.63, 3.8) is 0 Å². The number of aliphatic hydroxyl groups excluding tert-OH is 1. The van der Waals surface area contributed by atoms with Gasteiger partial charge in [-0.15, -0.1) is 0 Å². The van der Waals surface area contributed by atoms with Crippen molar-refractivity contribution in [3.05, 3.63) is 42.2 Å². The highest BCUT2D eigenvalue weighted by Crippen LogP contribution is 2.52. The summed E-state index contributed by atoms with van der Waals surface area (Å²) in [6.07, 6.45) is 7.65. The molecule has 9 heteroatoms. The SMILES string of the molecule is N#C[C@@]1(C2CC2)CCN(c2ccnc(Nc3ccc(C4(C(=O)N5CC[C@H](O)C5)CC4)cn3)c2)C1=O. The van der Waals surface area contributed by atoms with E-state index in [1.54, 1.807) is 34.3 Å². The zero-order chi connectivity index (χ0) is 24.2. The molecular formula is C26H28N6O3. The second-order valence-corrected chi connectivity index (χ2v) is 10.3. The Kier molecular flexibility index (Phi) is 5.04. The number of β-amino-alcohol motifs (C(OH)–C–C–N with tert-alkyl or cyclic N) is 1. The Morgan fingerprint density at radius 3 is 2.57 bits per heavy atom. The van der Waals surface area contributed by atoms with E-state index in [1.807, 2.05) is 12.1 Å². The molecule has 9 nitrogen and oxygen atoms in total. The molecule has 0 bridgehead atoms. The van der Waals surface area contributed by atoms with Gasteiger partial charge in [-0.05, 0) is 62.1 Å². The number of hydrogen-bond donors (Lipinski definition) is 2. The number of amides is 2. The van der Waals surface area contributed by atoms with Crippen molar-refractivity contribution in [2.24, 2.45) is 11.3 Å². The van der Waals surface area contributed by atoms with Gasteiger partial charge in [0.15, 0.2) is 0 Å². The van der Waals surface area contributed by atoms with Gasteiger partial charge in [-0.2, -0.15) is 5.26 Å². The van der Waals surface area contributed by atoms with Gasteiger partial charge in [0, 0.05) is 43.8 Å². The number of likely N-dealkylation sites (tertiary alicyclic amines) is 1. The van der Waals surface area contributed by atoms with Crippen LogP contribution in [0, 0.1) is 22.7 Å². The van der Waals surface area contributed by atoms with E-state index in [0.29, 0.717) is 44.1 Å². The quantitative estimate of drug-likeness (QED) is 0.662. The number of hydrogen-bond acceptors (Lipinski definition) is 7. The number of nitrogens with one attached hydrogen (secondary N) is 1. The Morgan fingerprint density at radius 1 is 1.11 bits per heavy atom. The van der Waals surface area contributed by atoms with Gasteiger partial charge in [-0.3, -0.25) is 9.59 Å². The smallest absolute Gasteiger partial charge is 0.247 e. The molecule has 2 amide bonds. The van der Waals surface area contributed by atoms with Gasteiger partial charge in [0.05, 0.1) is 17.6 Å². The van der Waals surface area contributed by atoms with E-state index in [0.717, 1.165) is 36.9 Å². The Hall–Kier alpha value is -3.51. The molecule has 180 valence electrons. The molecule has 2 saturated heterocycles. The molecule has 2 aliphatic heterocycles. The third kappa shape index (κ3) is 3.64. The second-order valence-electron chi connectivity index (χ2n) is 10.3. The summed E-state index contributed by atoms with van der Waals surface area (Å²) < 4.78 is 0. The van der Waals surface area contributed by atoms with Crippen LogP contribution in [0.25, 0.3) is 0 Å². The number of carbonyl (C=O) groups excluding carboxylic acids is 2. The molecule has 4 aliphatic rings. The van der Waals surface area contributed by atoms with Gasteiger partial charge in [0.2, 0.25) is 11.8 Å². The molecule has 4 fully saturated rings. The lowest BCUT2D eigenvalue weighted by Crippen LogP contribution is -2.38. The van der Waals surface area contributed by atoms with Gasteiger partial charge in [-0.25, -0.2) is 9.97 Å². The molecule has 2 aliphatic carbocycles. The Labute approximate surface area is 203 Å². The van der Waals surface area contributed by atoms with E-state index in [9.17, 15) is 20.0 Å². The number of aromatic nitrogens is 2. The van der Waals surface area contributed by atoms with E-state index in [-0.39, 0.29) is 17.7 Å². The molecule has 2 N–H and O–H groups in total. The Morgan fingerprint density at radius 2 is 1.94 bits per heavy atom. The van der Waals surface area contributed by atoms with Crippen LogP contribution in [0.4, 0.5) is 17.3 Å². The molecule has 2 saturated carbocycles. The maximum absolute atomic E-state index is 13.1. The molecule has 0 aromatic carbocycles. The third-order valence-electron chi connectivity index (χ3n) is 8.07. The molecule has 2 aromatic rings. The molecule has 0 radical (unpaired) electrons. The molecular weight excluding hydrogens is 444 g/mol. The van der Waals surface area contributed by atoms with Crippen molar-refractivity contribution >= 4 is 29.1 Å². The number of rotatable bonds is 6. The van der Waals surface area contributed by atoms with Crippen molar-refractivity contribution in [1.29, 1.82) is 5.26 Å². The van der Waals surface area contributed by atoms with Crippen LogP contribution in [0.1, 0.15) is 44.1 Å². The van der Waals surface area contributed by atoms with Crippen LogP contribution in [0.15, 0.2) is 36.7 Å². The minimum absolute atomic E-state index is 0.0841. The Bertz CT molecular complexity index is 1220. The van der Waals surface area contributed by atoms with Crippen LogP contribution in [0.5, 0.6) is 0 Å². The average Bonchev–Trinajstić information content (AvgIpc) is 3.80. The number of nitrogens with zero attached hydrogens (tertiary/aromatic N) is 5. The summed E-state index contributed by atoms with van der Waals surface area (Å²) in [4.78, 5) is 38.5. The zero-order valence-corrected chi connectivity index (χ0v) is 19.5. The summed E-state index contributed by atoms with van der Waals surface area (Å²) in [5.74, 6) is 1.31. The maximum Gasteiger partial charge on any atom is 0.247 e. The number of aliphatic hydroxyl groups is 1. The average molecular weight is 473 g/mol. The van der Waals surface area contributed by atoms with Gasteiger partial charge < -0.3 is 20.2 Å². The third-order valence-corrected chi connectivity index (χ3v) is 8.07. The number of nitriles is 1. The predicted molar refractivity (Wildman–Crippen MR) is 128 cm³/mol. The van der Waals surface area contributed by atoms with Crippen molar-refractivity contribution in [3.8, 4) is 6.07 Å². The van der Waals surface area contributed by atoms with Crippen molar-refractivity contribution in [2.75, 3.05) is 29.9 Å². The fraction of sp³-hybridized carbons (Fsp3) is 0.500. The molecule has 35 heavy (non-hydrogen) atoms. The van der Waals surface area contributed by atoms with Crippen LogP contribution >= 0.6 is 0 Å². The van der Waals surface area contributed by atoms with Gasteiger partial charge in [0.1, 0.15) is 17.1 Å². The van der Waals surface area contributed by atoms with E-state index in [4.69, 9.17) is 0 Å². The minimum Gasteiger partial charge on any atom is -0.391 e. The normalized spacial score (nSPS) is 27.1. The lowest BCUT2D eigenvalue weighted by Gasteiger charge is -2.23. The monoisotopic (exact) mass is 472 g/mol. The van der Waals surface area contributed by atoms with Gasteiger partial charge in [-0.1, -0.05) is 6.07 Å². The maximum atomic E-state index is 13.1. The first-order valence-corrected chi connectivity index (χ1v) is 12.4. The number of anilines is 3. The highest BCUT2D eigenvalue weighted by atomic mass is 16.3. The molecule has 0 unspecified atom stereocenters. The Balaban J connectivity index is 1.16. The molecule has 2 atom stereocenters. The van der Waals surface area contributed by atoms with E-state index < -0.39 is 16.9 Å². The lowest BCUT2D eigenvalue weighted by atomic mass is 9.83. The van der Waals surface area contributed by atoms with Gasteiger partial charge >= 0.3 is 0 Å². The summed E-state index contributed by atoms with van der Waals surface area (Å²) in [5, 5.41) is 22.7. The summed E-state index contributed by atoms with van der Waals surface area (Å²) in [6.45, 7) is 1.54.